The number of aromatic nitrogens is 4. The second kappa shape index (κ2) is 8.60. The van der Waals surface area contributed by atoms with Crippen molar-refractivity contribution in [3.05, 3.63) is 42.0 Å². The molecule has 2 bridgehead atoms. The molecule has 2 fully saturated rings. The molecule has 3 aliphatic rings. The van der Waals surface area contributed by atoms with Crippen LogP contribution in [0.5, 0.6) is 0 Å². The normalized spacial score (nSPS) is 20.9. The van der Waals surface area contributed by atoms with Crippen LogP contribution < -0.4 is 15.1 Å². The Morgan fingerprint density at radius 3 is 2.62 bits per heavy atom. The number of nitrogens with one attached hydrogen (secondary N) is 1. The molecular weight excluding hydrogens is 472 g/mol. The first-order chi connectivity index (χ1) is 17.7. The third kappa shape index (κ3) is 4.21. The van der Waals surface area contributed by atoms with Crippen LogP contribution in [0.25, 0.3) is 5.65 Å². The van der Waals surface area contributed by atoms with E-state index < -0.39 is 5.60 Å². The standard InChI is InChI=1S/C26H32N8O3/c1-16-11-22-28-15-29-33(22)14-20(16)30-24(35)32-10-8-19-21(7-9-27-23(19)32)31-12-17-5-6-18(13-31)34(17)25(36)37-26(2,3)4/h7,9,11,14-15,17-18H,5-6,8,10,12-13H2,1-4H3,(H,30,35). The molecule has 37 heavy (non-hydrogen) atoms. The number of rotatable bonds is 2. The van der Waals surface area contributed by atoms with E-state index in [0.29, 0.717) is 18.1 Å². The molecular formula is C26H32N8O3. The van der Waals surface area contributed by atoms with E-state index in [1.165, 1.54) is 6.33 Å². The number of carbonyl (C=O) groups is 2. The van der Waals surface area contributed by atoms with Gasteiger partial charge in [-0.2, -0.15) is 5.10 Å². The average molecular weight is 505 g/mol. The van der Waals surface area contributed by atoms with Crippen LogP contribution in [0.4, 0.5) is 26.8 Å². The molecule has 194 valence electrons. The van der Waals surface area contributed by atoms with Crippen molar-refractivity contribution in [3.63, 3.8) is 0 Å². The van der Waals surface area contributed by atoms with E-state index in [2.05, 4.69) is 25.3 Å². The van der Waals surface area contributed by atoms with E-state index in [9.17, 15) is 9.59 Å². The van der Waals surface area contributed by atoms with Crippen LogP contribution in [-0.2, 0) is 11.2 Å². The summed E-state index contributed by atoms with van der Waals surface area (Å²) in [5, 5.41) is 7.19. The molecule has 11 nitrogen and oxygen atoms in total. The minimum Gasteiger partial charge on any atom is -0.444 e. The fraction of sp³-hybridized carbons (Fsp3) is 0.500. The number of urea groups is 1. The van der Waals surface area contributed by atoms with Gasteiger partial charge in [0.25, 0.3) is 0 Å². The first kappa shape index (κ1) is 23.5. The summed E-state index contributed by atoms with van der Waals surface area (Å²) in [6, 6.07) is 3.94. The molecule has 0 spiro atoms. The minimum atomic E-state index is -0.511. The van der Waals surface area contributed by atoms with Crippen molar-refractivity contribution in [1.29, 1.82) is 0 Å². The Balaban J connectivity index is 1.20. The van der Waals surface area contributed by atoms with Gasteiger partial charge in [-0.1, -0.05) is 0 Å². The zero-order valence-corrected chi connectivity index (χ0v) is 21.6. The molecule has 3 amide bonds. The summed E-state index contributed by atoms with van der Waals surface area (Å²) in [5.41, 5.74) is 3.99. The molecule has 2 saturated heterocycles. The topological polar surface area (TPSA) is 108 Å². The fourth-order valence-corrected chi connectivity index (χ4v) is 5.75. The minimum absolute atomic E-state index is 0.118. The summed E-state index contributed by atoms with van der Waals surface area (Å²) >= 11 is 0. The van der Waals surface area contributed by atoms with Gasteiger partial charge in [-0.25, -0.2) is 24.1 Å². The maximum atomic E-state index is 13.3. The van der Waals surface area contributed by atoms with Crippen molar-refractivity contribution in [2.75, 3.05) is 34.8 Å². The molecule has 0 aromatic carbocycles. The van der Waals surface area contributed by atoms with Crippen LogP contribution in [0.3, 0.4) is 0 Å². The third-order valence-electron chi connectivity index (χ3n) is 7.39. The summed E-state index contributed by atoms with van der Waals surface area (Å²) in [7, 11) is 0. The Bertz CT molecular complexity index is 1370. The van der Waals surface area contributed by atoms with Gasteiger partial charge in [0.2, 0.25) is 0 Å². The van der Waals surface area contributed by atoms with Gasteiger partial charge in [0.15, 0.2) is 5.65 Å². The van der Waals surface area contributed by atoms with Gasteiger partial charge in [-0.3, -0.25) is 9.80 Å². The number of aryl methyl sites for hydroxylation is 1. The van der Waals surface area contributed by atoms with Gasteiger partial charge in [-0.15, -0.1) is 0 Å². The monoisotopic (exact) mass is 504 g/mol. The highest BCUT2D eigenvalue weighted by Crippen LogP contribution is 2.39. The van der Waals surface area contributed by atoms with E-state index in [1.807, 2.05) is 44.7 Å². The van der Waals surface area contributed by atoms with E-state index in [4.69, 9.17) is 4.74 Å². The van der Waals surface area contributed by atoms with Gasteiger partial charge in [0.1, 0.15) is 17.7 Å². The van der Waals surface area contributed by atoms with Crippen molar-refractivity contribution >= 4 is 35.0 Å². The highest BCUT2D eigenvalue weighted by molar-refractivity contribution is 6.03. The van der Waals surface area contributed by atoms with Gasteiger partial charge in [0, 0.05) is 37.1 Å². The van der Waals surface area contributed by atoms with E-state index in [-0.39, 0.29) is 24.2 Å². The Morgan fingerprint density at radius 1 is 1.14 bits per heavy atom. The highest BCUT2D eigenvalue weighted by atomic mass is 16.6. The maximum Gasteiger partial charge on any atom is 0.410 e. The SMILES string of the molecule is Cc1cc2ncnn2cc1NC(=O)N1CCc2c(N3CC4CCC(C3)N4C(=O)OC(C)(C)C)ccnc21. The summed E-state index contributed by atoms with van der Waals surface area (Å²) in [6.45, 7) is 9.69. The number of nitrogens with zero attached hydrogens (tertiary/aromatic N) is 7. The van der Waals surface area contributed by atoms with Gasteiger partial charge < -0.3 is 15.0 Å². The number of carbonyl (C=O) groups excluding carboxylic acids is 2. The first-order valence-corrected chi connectivity index (χ1v) is 12.8. The van der Waals surface area contributed by atoms with Crippen LogP contribution in [0.15, 0.2) is 30.9 Å². The molecule has 3 aromatic rings. The summed E-state index contributed by atoms with van der Waals surface area (Å²) in [6.07, 6.45) is 7.48. The molecule has 11 heteroatoms. The van der Waals surface area contributed by atoms with Crippen LogP contribution >= 0.6 is 0 Å². The Hall–Kier alpha value is -3.89. The molecule has 3 aromatic heterocycles. The number of fused-ring (bicyclic) bond motifs is 4. The first-order valence-electron chi connectivity index (χ1n) is 12.8. The van der Waals surface area contributed by atoms with E-state index in [1.54, 1.807) is 21.8 Å². The Morgan fingerprint density at radius 2 is 1.89 bits per heavy atom. The van der Waals surface area contributed by atoms with E-state index in [0.717, 1.165) is 54.8 Å². The van der Waals surface area contributed by atoms with Crippen molar-refractivity contribution in [3.8, 4) is 0 Å². The molecule has 3 aliphatic heterocycles. The lowest BCUT2D eigenvalue weighted by atomic mass is 10.1. The smallest absolute Gasteiger partial charge is 0.410 e. The van der Waals surface area contributed by atoms with Crippen LogP contribution in [0.2, 0.25) is 0 Å². The van der Waals surface area contributed by atoms with Crippen molar-refractivity contribution in [2.45, 2.75) is 64.6 Å². The highest BCUT2D eigenvalue weighted by Gasteiger charge is 2.45. The fourth-order valence-electron chi connectivity index (χ4n) is 5.75. The van der Waals surface area contributed by atoms with Crippen molar-refractivity contribution in [1.82, 2.24) is 24.5 Å². The molecule has 2 unspecified atom stereocenters. The number of hydrogen-bond acceptors (Lipinski definition) is 7. The molecule has 0 radical (unpaired) electrons. The molecule has 0 saturated carbocycles. The third-order valence-corrected chi connectivity index (χ3v) is 7.39. The summed E-state index contributed by atoms with van der Waals surface area (Å²) in [4.78, 5) is 40.9. The molecule has 6 heterocycles. The average Bonchev–Trinajstić information content (AvgIpc) is 3.53. The van der Waals surface area contributed by atoms with Crippen LogP contribution in [-0.4, -0.2) is 73.9 Å². The Kier molecular flexibility index (Phi) is 5.46. The summed E-state index contributed by atoms with van der Waals surface area (Å²) in [5.74, 6) is 0.691. The molecule has 0 aliphatic carbocycles. The van der Waals surface area contributed by atoms with Crippen LogP contribution in [0, 0.1) is 6.92 Å². The van der Waals surface area contributed by atoms with Gasteiger partial charge >= 0.3 is 12.1 Å². The molecule has 1 N–H and O–H groups in total. The van der Waals surface area contributed by atoms with E-state index >= 15 is 0 Å². The zero-order chi connectivity index (χ0) is 25.9. The molecule has 2 atom stereocenters. The second-order valence-corrected chi connectivity index (χ2v) is 11.1. The van der Waals surface area contributed by atoms with Gasteiger partial charge in [-0.05, 0) is 64.7 Å². The quantitative estimate of drug-likeness (QED) is 0.568. The van der Waals surface area contributed by atoms with Crippen molar-refractivity contribution in [2.24, 2.45) is 0 Å². The predicted molar refractivity (Wildman–Crippen MR) is 139 cm³/mol. The number of pyridine rings is 2. The Labute approximate surface area is 215 Å². The number of anilines is 3. The lowest BCUT2D eigenvalue weighted by Gasteiger charge is -2.42. The number of piperazine rings is 1. The molecule has 6 rings (SSSR count). The summed E-state index contributed by atoms with van der Waals surface area (Å²) < 4.78 is 7.33. The number of hydrogen-bond donors (Lipinski definition) is 1. The van der Waals surface area contributed by atoms with Crippen LogP contribution in [0.1, 0.15) is 44.7 Å². The lowest BCUT2D eigenvalue weighted by Crippen LogP contribution is -2.57. The van der Waals surface area contributed by atoms with Gasteiger partial charge in [0.05, 0.1) is 24.0 Å². The number of ether oxygens (including phenoxy) is 1. The second-order valence-electron chi connectivity index (χ2n) is 11.1. The van der Waals surface area contributed by atoms with Crippen molar-refractivity contribution < 1.29 is 14.3 Å². The largest absolute Gasteiger partial charge is 0.444 e. The maximum absolute atomic E-state index is 13.3. The number of amides is 3. The zero-order valence-electron chi connectivity index (χ0n) is 21.6. The predicted octanol–water partition coefficient (Wildman–Crippen LogP) is 3.62. The lowest BCUT2D eigenvalue weighted by molar-refractivity contribution is 0.0123.